The van der Waals surface area contributed by atoms with E-state index in [1.54, 1.807) is 6.92 Å². The molecule has 1 atom stereocenters. The zero-order valence-electron chi connectivity index (χ0n) is 9.03. The van der Waals surface area contributed by atoms with Crippen molar-refractivity contribution in [3.63, 3.8) is 0 Å². The molecule has 5 nitrogen and oxygen atoms in total. The number of hydrogen-bond donors (Lipinski definition) is 2. The van der Waals surface area contributed by atoms with Crippen LogP contribution >= 0.6 is 12.2 Å². The summed E-state index contributed by atoms with van der Waals surface area (Å²) in [5.74, 6) is -1.26. The van der Waals surface area contributed by atoms with Gasteiger partial charge in [-0.05, 0) is 33.0 Å². The number of nitrogens with zero attached hydrogens (tertiary/aromatic N) is 1. The van der Waals surface area contributed by atoms with Gasteiger partial charge < -0.3 is 25.2 Å². The summed E-state index contributed by atoms with van der Waals surface area (Å²) >= 11 is 5.01. The van der Waals surface area contributed by atoms with Gasteiger partial charge in [0, 0.05) is 12.0 Å². The molecular weight excluding hydrogens is 216 g/mol. The smallest absolute Gasteiger partial charge is 0.171 e. The lowest BCUT2D eigenvalue weighted by molar-refractivity contribution is -0.308. The van der Waals surface area contributed by atoms with Gasteiger partial charge in [-0.1, -0.05) is 0 Å². The Morgan fingerprint density at radius 3 is 2.60 bits per heavy atom. The van der Waals surface area contributed by atoms with Gasteiger partial charge in [-0.15, -0.1) is 0 Å². The first-order valence-corrected chi connectivity index (χ1v) is 5.07. The second-order valence-electron chi connectivity index (χ2n) is 4.67. The second kappa shape index (κ2) is 3.61. The molecule has 1 fully saturated rings. The van der Waals surface area contributed by atoms with E-state index >= 15 is 0 Å². The second-order valence-corrected chi connectivity index (χ2v) is 5.05. The van der Waals surface area contributed by atoms with Crippen molar-refractivity contribution in [1.29, 1.82) is 0 Å². The summed E-state index contributed by atoms with van der Waals surface area (Å²) in [5.41, 5.74) is -1.60. The van der Waals surface area contributed by atoms with Crippen molar-refractivity contribution in [2.75, 3.05) is 6.54 Å². The standard InChI is InChI=1S/C9H16N2O3S/c1-8(2)5-9(3,14)11(4-6(12)13)7(15)10-8/h14H,4-5H2,1-3H3,(H,10,15)(H,12,13)/p-1/t9-/m0/s1. The largest absolute Gasteiger partial charge is 0.548 e. The molecule has 0 spiro atoms. The molecule has 86 valence electrons. The van der Waals surface area contributed by atoms with E-state index in [0.717, 1.165) is 0 Å². The first-order valence-electron chi connectivity index (χ1n) is 4.66. The number of carboxylic acids is 1. The van der Waals surface area contributed by atoms with E-state index in [0.29, 0.717) is 6.42 Å². The van der Waals surface area contributed by atoms with Crippen molar-refractivity contribution in [2.24, 2.45) is 0 Å². The summed E-state index contributed by atoms with van der Waals surface area (Å²) < 4.78 is 0. The molecule has 0 aromatic rings. The molecule has 0 aromatic carbocycles. The van der Waals surface area contributed by atoms with E-state index in [1.807, 2.05) is 13.8 Å². The molecule has 1 aliphatic heterocycles. The molecule has 0 aromatic heterocycles. The Morgan fingerprint density at radius 2 is 2.20 bits per heavy atom. The highest BCUT2D eigenvalue weighted by Gasteiger charge is 2.42. The topological polar surface area (TPSA) is 75.6 Å². The number of nitrogens with one attached hydrogen (secondary N) is 1. The van der Waals surface area contributed by atoms with Crippen LogP contribution in [0.2, 0.25) is 0 Å². The van der Waals surface area contributed by atoms with Gasteiger partial charge in [0.05, 0.1) is 12.5 Å². The third-order valence-corrected chi connectivity index (χ3v) is 2.66. The molecular formula is C9H15N2O3S-. The van der Waals surface area contributed by atoms with Crippen LogP contribution in [0, 0.1) is 0 Å². The Morgan fingerprint density at radius 1 is 1.67 bits per heavy atom. The lowest BCUT2D eigenvalue weighted by Crippen LogP contribution is -2.67. The Bertz CT molecular complexity index is 302. The Kier molecular flexibility index (Phi) is 2.93. The fraction of sp³-hybridized carbons (Fsp3) is 0.778. The lowest BCUT2D eigenvalue weighted by atomic mass is 9.90. The number of aliphatic hydroxyl groups is 1. The predicted octanol–water partition coefficient (Wildman–Crippen LogP) is -1.20. The first kappa shape index (κ1) is 12.2. The normalized spacial score (nSPS) is 29.9. The maximum atomic E-state index is 10.5. The average Bonchev–Trinajstić information content (AvgIpc) is 1.93. The Labute approximate surface area is 94.1 Å². The first-order chi connectivity index (χ1) is 6.64. The fourth-order valence-electron chi connectivity index (χ4n) is 1.92. The van der Waals surface area contributed by atoms with Gasteiger partial charge in [0.1, 0.15) is 5.72 Å². The molecule has 1 aliphatic rings. The van der Waals surface area contributed by atoms with Gasteiger partial charge in [0.2, 0.25) is 0 Å². The zero-order valence-corrected chi connectivity index (χ0v) is 9.85. The predicted molar refractivity (Wildman–Crippen MR) is 56.8 cm³/mol. The molecule has 0 bridgehead atoms. The highest BCUT2D eigenvalue weighted by molar-refractivity contribution is 7.80. The number of carboxylic acid groups (broad SMARTS) is 1. The highest BCUT2D eigenvalue weighted by Crippen LogP contribution is 2.28. The number of thiocarbonyl (C=S) groups is 1. The zero-order chi connectivity index (χ0) is 11.9. The van der Waals surface area contributed by atoms with E-state index in [4.69, 9.17) is 12.2 Å². The summed E-state index contributed by atoms with van der Waals surface area (Å²) in [6.45, 7) is 4.92. The van der Waals surface area contributed by atoms with Crippen molar-refractivity contribution >= 4 is 23.3 Å². The van der Waals surface area contributed by atoms with Gasteiger partial charge in [-0.2, -0.15) is 0 Å². The average molecular weight is 231 g/mol. The van der Waals surface area contributed by atoms with E-state index < -0.39 is 18.2 Å². The summed E-state index contributed by atoms with van der Waals surface area (Å²) in [7, 11) is 0. The third kappa shape index (κ3) is 2.79. The summed E-state index contributed by atoms with van der Waals surface area (Å²) in [6.07, 6.45) is 0.382. The SMILES string of the molecule is CC1(C)C[C@](C)(O)N(CC(=O)[O-])C(=S)N1. The van der Waals surface area contributed by atoms with Crippen LogP contribution in [0.3, 0.4) is 0 Å². The quantitative estimate of drug-likeness (QED) is 0.582. The number of aliphatic carboxylic acids is 1. The summed E-state index contributed by atoms with van der Waals surface area (Å²) in [6, 6.07) is 0. The number of rotatable bonds is 2. The number of carbonyl (C=O) groups excluding carboxylic acids is 1. The minimum Gasteiger partial charge on any atom is -0.548 e. The van der Waals surface area contributed by atoms with Crippen LogP contribution in [0.4, 0.5) is 0 Å². The number of carbonyl (C=O) groups is 1. The van der Waals surface area contributed by atoms with E-state index in [9.17, 15) is 15.0 Å². The van der Waals surface area contributed by atoms with E-state index in [-0.39, 0.29) is 10.7 Å². The van der Waals surface area contributed by atoms with Crippen molar-refractivity contribution in [3.8, 4) is 0 Å². The van der Waals surface area contributed by atoms with Crippen molar-refractivity contribution in [1.82, 2.24) is 10.2 Å². The third-order valence-electron chi connectivity index (χ3n) is 2.34. The molecule has 0 amide bonds. The molecule has 1 rings (SSSR count). The fourth-order valence-corrected chi connectivity index (χ4v) is 2.46. The Hall–Kier alpha value is -0.880. The molecule has 0 saturated carbocycles. The minimum absolute atomic E-state index is 0.237. The minimum atomic E-state index is -1.26. The van der Waals surface area contributed by atoms with Crippen LogP contribution in [-0.2, 0) is 4.79 Å². The van der Waals surface area contributed by atoms with E-state index in [1.165, 1.54) is 4.90 Å². The van der Waals surface area contributed by atoms with Crippen LogP contribution in [0.5, 0.6) is 0 Å². The van der Waals surface area contributed by atoms with Gasteiger partial charge >= 0.3 is 0 Å². The van der Waals surface area contributed by atoms with Crippen LogP contribution in [0.15, 0.2) is 0 Å². The number of hydrogen-bond acceptors (Lipinski definition) is 4. The molecule has 0 radical (unpaired) electrons. The van der Waals surface area contributed by atoms with Crippen LogP contribution in [0.1, 0.15) is 27.2 Å². The molecule has 15 heavy (non-hydrogen) atoms. The molecule has 1 heterocycles. The monoisotopic (exact) mass is 231 g/mol. The van der Waals surface area contributed by atoms with Crippen LogP contribution in [0.25, 0.3) is 0 Å². The molecule has 1 saturated heterocycles. The van der Waals surface area contributed by atoms with Crippen LogP contribution in [-0.4, -0.2) is 38.9 Å². The van der Waals surface area contributed by atoms with Gasteiger partial charge in [0.15, 0.2) is 5.11 Å². The lowest BCUT2D eigenvalue weighted by Gasteiger charge is -2.49. The Balaban J connectivity index is 2.89. The van der Waals surface area contributed by atoms with Gasteiger partial charge in [-0.25, -0.2) is 0 Å². The molecule has 0 unspecified atom stereocenters. The van der Waals surface area contributed by atoms with E-state index in [2.05, 4.69) is 5.32 Å². The van der Waals surface area contributed by atoms with Crippen molar-refractivity contribution in [3.05, 3.63) is 0 Å². The maximum Gasteiger partial charge on any atom is 0.171 e. The summed E-state index contributed by atoms with van der Waals surface area (Å²) in [4.78, 5) is 11.7. The molecule has 0 aliphatic carbocycles. The van der Waals surface area contributed by atoms with Crippen molar-refractivity contribution < 1.29 is 15.0 Å². The molecule has 6 heteroatoms. The highest BCUT2D eigenvalue weighted by atomic mass is 32.1. The van der Waals surface area contributed by atoms with Gasteiger partial charge in [-0.3, -0.25) is 0 Å². The van der Waals surface area contributed by atoms with Crippen LogP contribution < -0.4 is 10.4 Å². The van der Waals surface area contributed by atoms with Gasteiger partial charge in [0.25, 0.3) is 0 Å². The maximum absolute atomic E-state index is 10.5. The van der Waals surface area contributed by atoms with Crippen molar-refractivity contribution in [2.45, 2.75) is 38.5 Å². The summed E-state index contributed by atoms with van der Waals surface area (Å²) in [5, 5.41) is 23.8. The molecule has 2 N–H and O–H groups in total.